The van der Waals surface area contributed by atoms with Gasteiger partial charge in [0.05, 0.1) is 26.3 Å². The number of nitrogens with two attached hydrogens (primary N) is 1. The molecule has 1 aliphatic rings. The number of thioether (sulfide) groups is 2. The second-order valence-electron chi connectivity index (χ2n) is 16.9. The largest absolute Gasteiger partial charge is 0.467 e. The van der Waals surface area contributed by atoms with Crippen molar-refractivity contribution in [1.29, 1.82) is 0 Å². The zero-order valence-corrected chi connectivity index (χ0v) is 44.5. The van der Waals surface area contributed by atoms with Gasteiger partial charge < -0.3 is 58.1 Å². The second kappa shape index (κ2) is 37.1. The number of carbonyl (C=O) groups is 8. The molecule has 23 heteroatoms. The van der Waals surface area contributed by atoms with E-state index in [1.807, 2.05) is 0 Å². The highest BCUT2D eigenvalue weighted by atomic mass is 32.2. The van der Waals surface area contributed by atoms with Gasteiger partial charge in [0.25, 0.3) is 0 Å². The molecule has 0 aliphatic carbocycles. The van der Waals surface area contributed by atoms with Crippen molar-refractivity contribution in [3.63, 3.8) is 0 Å². The summed E-state index contributed by atoms with van der Waals surface area (Å²) in [6, 6.07) is -7.89. The van der Waals surface area contributed by atoms with Crippen LogP contribution in [-0.4, -0.2) is 163 Å². The SMILES string of the molecule is COC(=O)[C@H](CSC/C=C(\C)CC/C=C(\C)CCC=C(C)C)NC(=O)[C@H](CCCCN)NC(=O)[C@H](CS)NC(=O)[C@H](CO)NC(=O)[C@H](CCSC)NC(=O)[C@H](CS)NC(=O)CNC(=O)[C@@H]1CCCN1. The number of nitrogens with one attached hydrogen (secondary N) is 8. The lowest BCUT2D eigenvalue weighted by Gasteiger charge is -2.26. The summed E-state index contributed by atoms with van der Waals surface area (Å²) < 4.78 is 4.98. The molecule has 0 aromatic rings. The van der Waals surface area contributed by atoms with E-state index in [0.717, 1.165) is 32.1 Å². The van der Waals surface area contributed by atoms with Crippen molar-refractivity contribution in [2.45, 2.75) is 134 Å². The number of allylic oxidation sites excluding steroid dienone is 5. The van der Waals surface area contributed by atoms with Crippen LogP contribution in [0.15, 0.2) is 34.9 Å². The molecule has 0 bridgehead atoms. The molecule has 19 nitrogen and oxygen atoms in total. The lowest BCUT2D eigenvalue weighted by atomic mass is 10.1. The van der Waals surface area contributed by atoms with Crippen LogP contribution < -0.4 is 48.3 Å². The average Bonchev–Trinajstić information content (AvgIpc) is 3.87. The van der Waals surface area contributed by atoms with Crippen molar-refractivity contribution in [2.75, 3.05) is 68.4 Å². The third kappa shape index (κ3) is 26.9. The molecular weight excluding hydrogens is 967 g/mol. The maximum atomic E-state index is 13.7. The van der Waals surface area contributed by atoms with Gasteiger partial charge in [-0.2, -0.15) is 48.8 Å². The van der Waals surface area contributed by atoms with E-state index in [0.29, 0.717) is 43.9 Å². The van der Waals surface area contributed by atoms with Crippen LogP contribution in [0.2, 0.25) is 0 Å². The number of hydrogen-bond acceptors (Lipinski definition) is 16. The Morgan fingerprint density at radius 3 is 1.83 bits per heavy atom. The van der Waals surface area contributed by atoms with Gasteiger partial charge in [-0.25, -0.2) is 4.79 Å². The summed E-state index contributed by atoms with van der Waals surface area (Å²) in [6.45, 7) is 8.15. The Balaban J connectivity index is 2.95. The van der Waals surface area contributed by atoms with Crippen molar-refractivity contribution < 1.29 is 48.2 Å². The van der Waals surface area contributed by atoms with Crippen LogP contribution in [0.4, 0.5) is 0 Å². The molecule has 0 spiro atoms. The van der Waals surface area contributed by atoms with Crippen LogP contribution >= 0.6 is 48.8 Å². The summed E-state index contributed by atoms with van der Waals surface area (Å²) in [4.78, 5) is 105. The molecular formula is C46H79N9O10S4. The third-order valence-electron chi connectivity index (χ3n) is 10.8. The first-order valence-corrected chi connectivity index (χ1v) is 27.2. The van der Waals surface area contributed by atoms with Crippen molar-refractivity contribution in [3.05, 3.63) is 34.9 Å². The van der Waals surface area contributed by atoms with E-state index in [4.69, 9.17) is 10.5 Å². The van der Waals surface area contributed by atoms with E-state index in [1.165, 1.54) is 47.4 Å². The molecule has 0 unspecified atom stereocenters. The van der Waals surface area contributed by atoms with Crippen LogP contribution in [-0.2, 0) is 43.1 Å². The van der Waals surface area contributed by atoms with Crippen LogP contribution in [0.1, 0.15) is 91.9 Å². The van der Waals surface area contributed by atoms with Gasteiger partial charge in [-0.1, -0.05) is 34.9 Å². The Hall–Kier alpha value is -3.74. The zero-order chi connectivity index (χ0) is 51.7. The minimum atomic E-state index is -1.58. The summed E-state index contributed by atoms with van der Waals surface area (Å²) in [5, 5.41) is 31.0. The normalized spacial score (nSPS) is 16.3. The summed E-state index contributed by atoms with van der Waals surface area (Å²) in [5.74, 6) is -4.81. The predicted octanol–water partition coefficient (Wildman–Crippen LogP) is 0.823. The number of hydrogen-bond donors (Lipinski definition) is 12. The smallest absolute Gasteiger partial charge is 0.329 e. The van der Waals surface area contributed by atoms with Gasteiger partial charge >= 0.3 is 5.97 Å². The molecule has 1 rings (SSSR count). The number of methoxy groups -OCH3 is 1. The van der Waals surface area contributed by atoms with Crippen LogP contribution in [0.5, 0.6) is 0 Å². The predicted molar refractivity (Wildman–Crippen MR) is 281 cm³/mol. The molecule has 0 saturated carbocycles. The Morgan fingerprint density at radius 1 is 0.739 bits per heavy atom. The van der Waals surface area contributed by atoms with Crippen LogP contribution in [0.3, 0.4) is 0 Å². The summed E-state index contributed by atoms with van der Waals surface area (Å²) in [7, 11) is 1.22. The van der Waals surface area contributed by atoms with Crippen molar-refractivity contribution in [1.82, 2.24) is 42.5 Å². The van der Waals surface area contributed by atoms with Crippen LogP contribution in [0, 0.1) is 0 Å². The van der Waals surface area contributed by atoms with E-state index in [9.17, 15) is 43.5 Å². The van der Waals surface area contributed by atoms with Gasteiger partial charge in [-0.3, -0.25) is 33.6 Å². The number of esters is 1. The van der Waals surface area contributed by atoms with Gasteiger partial charge in [0.2, 0.25) is 41.4 Å². The van der Waals surface area contributed by atoms with E-state index >= 15 is 0 Å². The Bertz CT molecular complexity index is 1750. The number of rotatable bonds is 35. The summed E-state index contributed by atoms with van der Waals surface area (Å²) >= 11 is 11.2. The molecule has 0 radical (unpaired) electrons. The first-order chi connectivity index (χ1) is 32.9. The lowest BCUT2D eigenvalue weighted by Crippen LogP contribution is -2.61. The fourth-order valence-corrected chi connectivity index (χ4v) is 8.67. The topological polar surface area (TPSA) is 288 Å². The number of ether oxygens (including phenoxy) is 1. The molecule has 1 aliphatic heterocycles. The molecule has 11 N–H and O–H groups in total. The Kier molecular flexibility index (Phi) is 34.0. The van der Waals surface area contributed by atoms with E-state index in [-0.39, 0.29) is 42.6 Å². The monoisotopic (exact) mass is 1050 g/mol. The van der Waals surface area contributed by atoms with Gasteiger partial charge in [0.15, 0.2) is 0 Å². The van der Waals surface area contributed by atoms with Crippen molar-refractivity contribution >= 4 is 96.1 Å². The molecule has 7 amide bonds. The number of aliphatic hydroxyl groups is 1. The van der Waals surface area contributed by atoms with Gasteiger partial charge in [-0.15, -0.1) is 0 Å². The average molecular weight is 1050 g/mol. The number of aliphatic hydroxyl groups excluding tert-OH is 1. The highest BCUT2D eigenvalue weighted by molar-refractivity contribution is 7.99. The molecule has 0 aromatic heterocycles. The quantitative estimate of drug-likeness (QED) is 0.0181. The van der Waals surface area contributed by atoms with Gasteiger partial charge in [0, 0.05) is 23.0 Å². The van der Waals surface area contributed by atoms with E-state index < -0.39 is 90.3 Å². The van der Waals surface area contributed by atoms with Crippen LogP contribution in [0.25, 0.3) is 0 Å². The fraction of sp³-hybridized carbons (Fsp3) is 0.696. The molecule has 7 atom stereocenters. The molecule has 1 heterocycles. The number of carbonyl (C=O) groups excluding carboxylic acids is 8. The van der Waals surface area contributed by atoms with Crippen molar-refractivity contribution in [3.8, 4) is 0 Å². The van der Waals surface area contributed by atoms with E-state index in [1.54, 1.807) is 6.26 Å². The zero-order valence-electron chi connectivity index (χ0n) is 41.1. The highest BCUT2D eigenvalue weighted by Gasteiger charge is 2.33. The minimum absolute atomic E-state index is 0.104. The van der Waals surface area contributed by atoms with E-state index in [2.05, 4.69) is 114 Å². The van der Waals surface area contributed by atoms with Crippen molar-refractivity contribution in [2.24, 2.45) is 5.73 Å². The molecule has 392 valence electrons. The maximum Gasteiger partial charge on any atom is 0.329 e. The lowest BCUT2D eigenvalue weighted by molar-refractivity contribution is -0.144. The van der Waals surface area contributed by atoms with Gasteiger partial charge in [-0.05, 0) is 117 Å². The standard InChI is InChI=1S/C46H79N9O10S4/c1-29(2)12-9-13-30(3)14-10-15-31(4)18-23-69-28-38(46(64)65-5)55-41(59)33(16-7-8-20-47)51-45(63)37(27-67)54-43(61)35(25-56)53-42(60)34(19-22-68-6)52-44(62)36(26-66)50-39(57)24-49-40(58)32-17-11-21-48-32/h12,14,18,32-38,48,56,66-67H,7-11,13,15-17,19-28,47H2,1-6H3,(H,49,58)(H,50,57)(H,51,63)(H,52,62)(H,53,60)(H,54,61)(H,55,59)/b30-14+,31-18+/t32-,33-,34-,35-,36-,37-,38-/m0/s1. The number of unbranched alkanes of at least 4 members (excludes halogenated alkanes) is 1. The first kappa shape index (κ1) is 63.3. The number of amides is 7. The summed E-state index contributed by atoms with van der Waals surface area (Å²) in [6.07, 6.45) is 15.0. The molecule has 69 heavy (non-hydrogen) atoms. The van der Waals surface area contributed by atoms with Gasteiger partial charge in [0.1, 0.15) is 36.3 Å². The minimum Gasteiger partial charge on any atom is -0.467 e. The highest BCUT2D eigenvalue weighted by Crippen LogP contribution is 2.14. The first-order valence-electron chi connectivity index (χ1n) is 23.4. The Morgan fingerprint density at radius 2 is 1.28 bits per heavy atom. The molecule has 1 saturated heterocycles. The number of thiol groups is 2. The maximum absolute atomic E-state index is 13.7. The fourth-order valence-electron chi connectivity index (χ4n) is 6.69. The molecule has 1 fully saturated rings. The Labute approximate surface area is 428 Å². The second-order valence-corrected chi connectivity index (χ2v) is 19.7. The molecule has 0 aromatic carbocycles. The summed E-state index contributed by atoms with van der Waals surface area (Å²) in [5.41, 5.74) is 9.57. The third-order valence-corrected chi connectivity index (χ3v) is 13.2.